The molecule has 2 atom stereocenters. The van der Waals surface area contributed by atoms with E-state index in [1.165, 1.54) is 13.0 Å². The van der Waals surface area contributed by atoms with Crippen molar-refractivity contribution in [3.8, 4) is 0 Å². The molecule has 1 saturated heterocycles. The largest absolute Gasteiger partial charge is 0.297 e. The molecule has 0 spiro atoms. The highest BCUT2D eigenvalue weighted by Crippen LogP contribution is 2.33. The van der Waals surface area contributed by atoms with Crippen LogP contribution in [0.1, 0.15) is 48.0 Å². The van der Waals surface area contributed by atoms with Crippen LogP contribution in [0.25, 0.3) is 0 Å². The predicted molar refractivity (Wildman–Crippen MR) is 63.4 cm³/mol. The van der Waals surface area contributed by atoms with Gasteiger partial charge in [-0.2, -0.15) is 0 Å². The molecule has 0 amide bonds. The first-order valence-corrected chi connectivity index (χ1v) is 6.19. The normalized spacial score (nSPS) is 29.8. The maximum Gasteiger partial charge on any atom is 0.0124 e. The number of likely N-dealkylation sites (tertiary alicyclic amines) is 1. The number of nitrogens with zero attached hydrogens (tertiary/aromatic N) is 1. The first-order valence-electron chi connectivity index (χ1n) is 6.19. The maximum atomic E-state index is 2.70. The highest BCUT2D eigenvalue weighted by Gasteiger charge is 2.36. The Kier molecular flexibility index (Phi) is 4.00. The van der Waals surface area contributed by atoms with Crippen LogP contribution in [-0.2, 0) is 0 Å². The fraction of sp³-hybridized carbons (Fsp3) is 1.00. The van der Waals surface area contributed by atoms with Gasteiger partial charge in [-0.3, -0.25) is 4.90 Å². The van der Waals surface area contributed by atoms with Crippen molar-refractivity contribution < 1.29 is 0 Å². The lowest BCUT2D eigenvalue weighted by Gasteiger charge is -2.30. The molecule has 1 aliphatic heterocycles. The van der Waals surface area contributed by atoms with Gasteiger partial charge in [0, 0.05) is 18.6 Å². The molecule has 0 N–H and O–H groups in total. The van der Waals surface area contributed by atoms with E-state index in [2.05, 4.69) is 46.4 Å². The monoisotopic (exact) mass is 197 g/mol. The van der Waals surface area contributed by atoms with Crippen molar-refractivity contribution in [1.29, 1.82) is 0 Å². The quantitative estimate of drug-likeness (QED) is 0.670. The molecular weight excluding hydrogens is 170 g/mol. The van der Waals surface area contributed by atoms with Crippen LogP contribution in [-0.4, -0.2) is 23.5 Å². The predicted octanol–water partition coefficient (Wildman–Crippen LogP) is 3.40. The van der Waals surface area contributed by atoms with Crippen LogP contribution in [0.15, 0.2) is 0 Å². The number of rotatable bonds is 3. The summed E-state index contributed by atoms with van der Waals surface area (Å²) < 4.78 is 0. The summed E-state index contributed by atoms with van der Waals surface area (Å²) in [4.78, 5) is 2.70. The van der Waals surface area contributed by atoms with Crippen LogP contribution in [0.4, 0.5) is 0 Å². The van der Waals surface area contributed by atoms with Gasteiger partial charge in [-0.25, -0.2) is 0 Å². The second kappa shape index (κ2) is 4.65. The molecule has 1 aliphatic rings. The Morgan fingerprint density at radius 3 is 1.79 bits per heavy atom. The van der Waals surface area contributed by atoms with Gasteiger partial charge < -0.3 is 0 Å². The van der Waals surface area contributed by atoms with Gasteiger partial charge in [0.05, 0.1) is 0 Å². The Balaban J connectivity index is 2.65. The first-order chi connectivity index (χ1) is 6.43. The third kappa shape index (κ3) is 2.50. The second-order valence-corrected chi connectivity index (χ2v) is 5.84. The van der Waals surface area contributed by atoms with Crippen molar-refractivity contribution in [2.24, 2.45) is 17.8 Å². The molecule has 1 nitrogen and oxygen atoms in total. The summed E-state index contributed by atoms with van der Waals surface area (Å²) in [5.74, 6) is 2.57. The minimum absolute atomic E-state index is 0.714. The zero-order valence-corrected chi connectivity index (χ0v) is 10.7. The summed E-state index contributed by atoms with van der Waals surface area (Å²) >= 11 is 0. The van der Waals surface area contributed by atoms with Crippen molar-refractivity contribution in [2.45, 2.75) is 60.0 Å². The lowest BCUT2D eigenvalue weighted by molar-refractivity contribution is 0.163. The van der Waals surface area contributed by atoms with Gasteiger partial charge in [0.1, 0.15) is 0 Å². The maximum absolute atomic E-state index is 2.70. The summed E-state index contributed by atoms with van der Waals surface area (Å²) in [7, 11) is 0. The molecule has 0 radical (unpaired) electrons. The van der Waals surface area contributed by atoms with Crippen molar-refractivity contribution in [2.75, 3.05) is 6.54 Å². The molecule has 0 aromatic heterocycles. The third-order valence-corrected chi connectivity index (χ3v) is 3.79. The van der Waals surface area contributed by atoms with E-state index in [1.807, 2.05) is 0 Å². The Morgan fingerprint density at radius 2 is 1.50 bits per heavy atom. The van der Waals surface area contributed by atoms with Gasteiger partial charge >= 0.3 is 0 Å². The topological polar surface area (TPSA) is 3.24 Å². The number of hydrogen-bond donors (Lipinski definition) is 0. The minimum atomic E-state index is 0.714. The SMILES string of the molecule is CC(C)C1CC(C(C)C)N(C(C)C)C1. The van der Waals surface area contributed by atoms with Gasteiger partial charge in [-0.15, -0.1) is 0 Å². The van der Waals surface area contributed by atoms with E-state index < -0.39 is 0 Å². The zero-order chi connectivity index (χ0) is 10.9. The molecule has 0 bridgehead atoms. The lowest BCUT2D eigenvalue weighted by Crippen LogP contribution is -2.38. The average molecular weight is 197 g/mol. The highest BCUT2D eigenvalue weighted by atomic mass is 15.2. The van der Waals surface area contributed by atoms with Crippen LogP contribution >= 0.6 is 0 Å². The molecule has 1 fully saturated rings. The second-order valence-electron chi connectivity index (χ2n) is 5.84. The van der Waals surface area contributed by atoms with Crippen LogP contribution in [0.2, 0.25) is 0 Å². The van der Waals surface area contributed by atoms with Gasteiger partial charge in [-0.1, -0.05) is 27.7 Å². The summed E-state index contributed by atoms with van der Waals surface area (Å²) in [6.45, 7) is 15.4. The van der Waals surface area contributed by atoms with Crippen LogP contribution in [0.5, 0.6) is 0 Å². The first kappa shape index (κ1) is 12.0. The van der Waals surface area contributed by atoms with Crippen LogP contribution in [0, 0.1) is 17.8 Å². The van der Waals surface area contributed by atoms with Crippen molar-refractivity contribution in [3.05, 3.63) is 0 Å². The van der Waals surface area contributed by atoms with E-state index in [1.54, 1.807) is 0 Å². The standard InChI is InChI=1S/C13H27N/c1-9(2)12-7-13(10(3)4)14(8-12)11(5)6/h9-13H,7-8H2,1-6H3. The summed E-state index contributed by atoms with van der Waals surface area (Å²) in [6.07, 6.45) is 1.41. The van der Waals surface area contributed by atoms with Crippen molar-refractivity contribution in [1.82, 2.24) is 4.90 Å². The fourth-order valence-electron chi connectivity index (χ4n) is 2.66. The molecular formula is C13H27N. The van der Waals surface area contributed by atoms with Gasteiger partial charge in [0.2, 0.25) is 0 Å². The smallest absolute Gasteiger partial charge is 0.0124 e. The Morgan fingerprint density at radius 1 is 0.929 bits per heavy atom. The van der Waals surface area contributed by atoms with E-state index in [4.69, 9.17) is 0 Å². The molecule has 1 heteroatoms. The molecule has 0 aromatic carbocycles. The van der Waals surface area contributed by atoms with E-state index in [0.717, 1.165) is 23.8 Å². The Bertz CT molecular complexity index is 156. The van der Waals surface area contributed by atoms with Crippen LogP contribution in [0.3, 0.4) is 0 Å². The zero-order valence-electron chi connectivity index (χ0n) is 10.7. The lowest BCUT2D eigenvalue weighted by atomic mass is 9.90. The Labute approximate surface area is 89.9 Å². The van der Waals surface area contributed by atoms with Gasteiger partial charge in [0.15, 0.2) is 0 Å². The van der Waals surface area contributed by atoms with E-state index in [0.29, 0.717) is 6.04 Å². The molecule has 2 unspecified atom stereocenters. The average Bonchev–Trinajstić information content (AvgIpc) is 2.47. The minimum Gasteiger partial charge on any atom is -0.297 e. The molecule has 1 heterocycles. The van der Waals surface area contributed by atoms with Crippen LogP contribution < -0.4 is 0 Å². The highest BCUT2D eigenvalue weighted by molar-refractivity contribution is 4.89. The summed E-state index contributed by atoms with van der Waals surface area (Å²) in [5.41, 5.74) is 0. The molecule has 0 saturated carbocycles. The third-order valence-electron chi connectivity index (χ3n) is 3.79. The Hall–Kier alpha value is -0.0400. The molecule has 14 heavy (non-hydrogen) atoms. The van der Waals surface area contributed by atoms with E-state index >= 15 is 0 Å². The fourth-order valence-corrected chi connectivity index (χ4v) is 2.66. The van der Waals surface area contributed by atoms with Gasteiger partial charge in [0.25, 0.3) is 0 Å². The molecule has 84 valence electrons. The molecule has 0 aliphatic carbocycles. The van der Waals surface area contributed by atoms with Crippen molar-refractivity contribution >= 4 is 0 Å². The van der Waals surface area contributed by atoms with Gasteiger partial charge in [-0.05, 0) is 38.0 Å². The van der Waals surface area contributed by atoms with Crippen molar-refractivity contribution in [3.63, 3.8) is 0 Å². The van der Waals surface area contributed by atoms with E-state index in [-0.39, 0.29) is 0 Å². The summed E-state index contributed by atoms with van der Waals surface area (Å²) in [5, 5.41) is 0. The molecule has 0 aromatic rings. The summed E-state index contributed by atoms with van der Waals surface area (Å²) in [6, 6.07) is 1.54. The number of hydrogen-bond acceptors (Lipinski definition) is 1. The van der Waals surface area contributed by atoms with E-state index in [9.17, 15) is 0 Å². The molecule has 1 rings (SSSR count).